The number of rotatable bonds is 7. The maximum Gasteiger partial charge on any atom is 0.320 e. The molecule has 0 aliphatic carbocycles. The van der Waals surface area contributed by atoms with Crippen LogP contribution in [0.25, 0.3) is 0 Å². The second kappa shape index (κ2) is 7.70. The Bertz CT molecular complexity index is 279. The van der Waals surface area contributed by atoms with Crippen molar-refractivity contribution in [2.24, 2.45) is 5.92 Å². The minimum Gasteiger partial charge on any atom is -0.481 e. The molecule has 1 unspecified atom stereocenters. The van der Waals surface area contributed by atoms with Crippen LogP contribution in [-0.4, -0.2) is 53.1 Å². The summed E-state index contributed by atoms with van der Waals surface area (Å²) in [7, 11) is 0. The Morgan fingerprint density at radius 3 is 2.18 bits per heavy atom. The van der Waals surface area contributed by atoms with Crippen LogP contribution in [0, 0.1) is 5.92 Å². The zero-order valence-corrected chi connectivity index (χ0v) is 10.8. The number of carbonyl (C=O) groups is 2. The third-order valence-electron chi connectivity index (χ3n) is 2.57. The molecule has 0 spiro atoms. The van der Waals surface area contributed by atoms with Crippen molar-refractivity contribution in [2.75, 3.05) is 26.2 Å². The van der Waals surface area contributed by atoms with Gasteiger partial charge in [0, 0.05) is 26.2 Å². The lowest BCUT2D eigenvalue weighted by molar-refractivity contribution is -0.141. The summed E-state index contributed by atoms with van der Waals surface area (Å²) in [5.74, 6) is -1.44. The molecule has 5 nitrogen and oxygen atoms in total. The van der Waals surface area contributed by atoms with E-state index in [1.807, 2.05) is 13.8 Å². The van der Waals surface area contributed by atoms with Gasteiger partial charge in [0.1, 0.15) is 0 Å². The number of urea groups is 1. The summed E-state index contributed by atoms with van der Waals surface area (Å²) in [6.07, 6.45) is 1.66. The number of aliphatic carboxylic acids is 1. The first-order valence-corrected chi connectivity index (χ1v) is 5.85. The van der Waals surface area contributed by atoms with E-state index in [0.717, 1.165) is 0 Å². The zero-order chi connectivity index (χ0) is 13.4. The van der Waals surface area contributed by atoms with Crippen molar-refractivity contribution in [3.63, 3.8) is 0 Å². The number of carbonyl (C=O) groups excluding carboxylic acids is 1. The summed E-state index contributed by atoms with van der Waals surface area (Å²) in [4.78, 5) is 26.0. The van der Waals surface area contributed by atoms with E-state index in [2.05, 4.69) is 6.58 Å². The average Bonchev–Trinajstić information content (AvgIpc) is 2.31. The van der Waals surface area contributed by atoms with Crippen LogP contribution < -0.4 is 0 Å². The van der Waals surface area contributed by atoms with Gasteiger partial charge in [0.25, 0.3) is 0 Å². The minimum absolute atomic E-state index is 0.136. The van der Waals surface area contributed by atoms with E-state index in [-0.39, 0.29) is 12.6 Å². The van der Waals surface area contributed by atoms with Crippen molar-refractivity contribution in [1.29, 1.82) is 0 Å². The fraction of sp³-hybridized carbons (Fsp3) is 0.667. The maximum atomic E-state index is 12.1. The number of nitrogens with zero attached hydrogens (tertiary/aromatic N) is 2. The Morgan fingerprint density at radius 2 is 1.82 bits per heavy atom. The summed E-state index contributed by atoms with van der Waals surface area (Å²) in [6.45, 7) is 10.7. The summed E-state index contributed by atoms with van der Waals surface area (Å²) in [6, 6.07) is -0.136. The monoisotopic (exact) mass is 242 g/mol. The highest BCUT2D eigenvalue weighted by atomic mass is 16.4. The van der Waals surface area contributed by atoms with Gasteiger partial charge < -0.3 is 14.9 Å². The molecule has 0 aliphatic heterocycles. The standard InChI is InChI=1S/C12H22N2O3/c1-5-8-13(6-2)12(17)14(7-3)9-10(4)11(15)16/h5,10H,1,6-9H2,2-4H3,(H,15,16). The van der Waals surface area contributed by atoms with Crippen molar-refractivity contribution < 1.29 is 14.7 Å². The van der Waals surface area contributed by atoms with E-state index < -0.39 is 11.9 Å². The van der Waals surface area contributed by atoms with Crippen molar-refractivity contribution in [1.82, 2.24) is 9.80 Å². The van der Waals surface area contributed by atoms with Crippen LogP contribution in [0.1, 0.15) is 20.8 Å². The van der Waals surface area contributed by atoms with Crippen LogP contribution in [0.2, 0.25) is 0 Å². The zero-order valence-electron chi connectivity index (χ0n) is 10.8. The predicted molar refractivity (Wildman–Crippen MR) is 66.9 cm³/mol. The van der Waals surface area contributed by atoms with E-state index in [1.165, 1.54) is 0 Å². The molecule has 0 fully saturated rings. The SMILES string of the molecule is C=CCN(CC)C(=O)N(CC)CC(C)C(=O)O. The molecular weight excluding hydrogens is 220 g/mol. The highest BCUT2D eigenvalue weighted by molar-refractivity contribution is 5.76. The molecule has 0 radical (unpaired) electrons. The number of hydrogen-bond acceptors (Lipinski definition) is 2. The fourth-order valence-corrected chi connectivity index (χ4v) is 1.45. The number of likely N-dealkylation sites (N-methyl/N-ethyl adjacent to an activating group) is 1. The normalized spacial score (nSPS) is 11.7. The highest BCUT2D eigenvalue weighted by Gasteiger charge is 2.22. The first-order valence-electron chi connectivity index (χ1n) is 5.85. The van der Waals surface area contributed by atoms with Crippen molar-refractivity contribution >= 4 is 12.0 Å². The van der Waals surface area contributed by atoms with Crippen molar-refractivity contribution in [3.05, 3.63) is 12.7 Å². The Morgan fingerprint density at radius 1 is 1.29 bits per heavy atom. The Kier molecular flexibility index (Phi) is 7.02. The third-order valence-corrected chi connectivity index (χ3v) is 2.57. The fourth-order valence-electron chi connectivity index (χ4n) is 1.45. The lowest BCUT2D eigenvalue weighted by atomic mass is 10.2. The molecule has 0 heterocycles. The maximum absolute atomic E-state index is 12.1. The van der Waals surface area contributed by atoms with E-state index in [1.54, 1.807) is 22.8 Å². The summed E-state index contributed by atoms with van der Waals surface area (Å²) >= 11 is 0. The quantitative estimate of drug-likeness (QED) is 0.691. The molecule has 0 aromatic carbocycles. The Labute approximate surface area is 103 Å². The Balaban J connectivity index is 4.57. The number of carboxylic acid groups (broad SMARTS) is 1. The van der Waals surface area contributed by atoms with E-state index in [0.29, 0.717) is 19.6 Å². The Hall–Kier alpha value is -1.52. The topological polar surface area (TPSA) is 60.9 Å². The van der Waals surface area contributed by atoms with Gasteiger partial charge in [-0.25, -0.2) is 4.79 Å². The van der Waals surface area contributed by atoms with Gasteiger partial charge in [-0.2, -0.15) is 0 Å². The lowest BCUT2D eigenvalue weighted by Gasteiger charge is -2.29. The molecule has 0 rings (SSSR count). The molecule has 2 amide bonds. The van der Waals surface area contributed by atoms with Crippen LogP contribution >= 0.6 is 0 Å². The molecule has 98 valence electrons. The molecule has 0 aromatic heterocycles. The number of amides is 2. The van der Waals surface area contributed by atoms with E-state index in [4.69, 9.17) is 5.11 Å². The van der Waals surface area contributed by atoms with Gasteiger partial charge in [0.15, 0.2) is 0 Å². The first kappa shape index (κ1) is 15.5. The van der Waals surface area contributed by atoms with Crippen LogP contribution in [0.15, 0.2) is 12.7 Å². The number of carboxylic acids is 1. The van der Waals surface area contributed by atoms with Gasteiger partial charge in [-0.3, -0.25) is 4.79 Å². The van der Waals surface area contributed by atoms with Gasteiger partial charge in [-0.05, 0) is 13.8 Å². The average molecular weight is 242 g/mol. The molecule has 0 aliphatic rings. The molecular formula is C12H22N2O3. The van der Waals surface area contributed by atoms with Gasteiger partial charge in [-0.15, -0.1) is 6.58 Å². The lowest BCUT2D eigenvalue weighted by Crippen LogP contribution is -2.45. The number of hydrogen-bond donors (Lipinski definition) is 1. The summed E-state index contributed by atoms with van der Waals surface area (Å²) in [5.41, 5.74) is 0. The van der Waals surface area contributed by atoms with Crippen LogP contribution in [0.4, 0.5) is 4.79 Å². The van der Waals surface area contributed by atoms with Crippen molar-refractivity contribution in [2.45, 2.75) is 20.8 Å². The molecule has 17 heavy (non-hydrogen) atoms. The predicted octanol–water partition coefficient (Wildman–Crippen LogP) is 1.66. The minimum atomic E-state index is -0.886. The smallest absolute Gasteiger partial charge is 0.320 e. The van der Waals surface area contributed by atoms with Crippen LogP contribution in [-0.2, 0) is 4.79 Å². The van der Waals surface area contributed by atoms with E-state index >= 15 is 0 Å². The first-order chi connectivity index (χ1) is 7.97. The van der Waals surface area contributed by atoms with Gasteiger partial charge >= 0.3 is 12.0 Å². The molecule has 5 heteroatoms. The van der Waals surface area contributed by atoms with Crippen molar-refractivity contribution in [3.8, 4) is 0 Å². The van der Waals surface area contributed by atoms with Crippen LogP contribution in [0.5, 0.6) is 0 Å². The summed E-state index contributed by atoms with van der Waals surface area (Å²) < 4.78 is 0. The highest BCUT2D eigenvalue weighted by Crippen LogP contribution is 2.05. The second-order valence-electron chi connectivity index (χ2n) is 3.89. The molecule has 0 aromatic rings. The molecule has 0 saturated heterocycles. The molecule has 1 N–H and O–H groups in total. The van der Waals surface area contributed by atoms with Crippen LogP contribution in [0.3, 0.4) is 0 Å². The summed E-state index contributed by atoms with van der Waals surface area (Å²) in [5, 5.41) is 8.84. The molecule has 1 atom stereocenters. The van der Waals surface area contributed by atoms with Gasteiger partial charge in [-0.1, -0.05) is 13.0 Å². The van der Waals surface area contributed by atoms with E-state index in [9.17, 15) is 9.59 Å². The molecule has 0 bridgehead atoms. The largest absolute Gasteiger partial charge is 0.481 e. The van der Waals surface area contributed by atoms with Gasteiger partial charge in [0.05, 0.1) is 5.92 Å². The molecule has 0 saturated carbocycles. The van der Waals surface area contributed by atoms with Gasteiger partial charge in [0.2, 0.25) is 0 Å². The second-order valence-corrected chi connectivity index (χ2v) is 3.89. The third kappa shape index (κ3) is 4.89.